The summed E-state index contributed by atoms with van der Waals surface area (Å²) in [5.41, 5.74) is 0.0444. The van der Waals surface area contributed by atoms with Crippen molar-refractivity contribution in [1.29, 1.82) is 0 Å². The van der Waals surface area contributed by atoms with Gasteiger partial charge in [-0.1, -0.05) is 5.16 Å². The lowest BCUT2D eigenvalue weighted by atomic mass is 10.3. The van der Waals surface area contributed by atoms with Crippen LogP contribution in [0.4, 0.5) is 5.69 Å². The Bertz CT molecular complexity index is 567. The zero-order chi connectivity index (χ0) is 14.4. The number of nitrogens with one attached hydrogen (secondary N) is 1. The molecule has 0 spiro atoms. The standard InChI is InChI=1S/C12H14N4O4/c1-9-14-12(15-20-9)8-13-6-7-19-11-4-2-10(3-5-11)16(17)18/h2-5,13H,6-8H2,1H3. The van der Waals surface area contributed by atoms with Crippen LogP contribution >= 0.6 is 0 Å². The van der Waals surface area contributed by atoms with Crippen molar-refractivity contribution in [3.05, 3.63) is 46.1 Å². The molecule has 0 fully saturated rings. The summed E-state index contributed by atoms with van der Waals surface area (Å²) in [5.74, 6) is 1.72. The zero-order valence-electron chi connectivity index (χ0n) is 10.9. The number of nitro groups is 1. The molecule has 8 nitrogen and oxygen atoms in total. The normalized spacial score (nSPS) is 10.4. The molecule has 0 bridgehead atoms. The Morgan fingerprint density at radius 2 is 2.15 bits per heavy atom. The van der Waals surface area contributed by atoms with E-state index in [1.165, 1.54) is 12.1 Å². The maximum Gasteiger partial charge on any atom is 0.269 e. The number of hydrogen-bond donors (Lipinski definition) is 1. The molecule has 0 amide bonds. The molecular formula is C12H14N4O4. The SMILES string of the molecule is Cc1nc(CNCCOc2ccc([N+](=O)[O-])cc2)no1. The van der Waals surface area contributed by atoms with E-state index in [1.807, 2.05) is 0 Å². The Hall–Kier alpha value is -2.48. The summed E-state index contributed by atoms with van der Waals surface area (Å²) in [7, 11) is 0. The number of rotatable bonds is 7. The summed E-state index contributed by atoms with van der Waals surface area (Å²) in [4.78, 5) is 14.1. The highest BCUT2D eigenvalue weighted by Gasteiger charge is 2.04. The van der Waals surface area contributed by atoms with Crippen molar-refractivity contribution in [2.45, 2.75) is 13.5 Å². The van der Waals surface area contributed by atoms with Crippen molar-refractivity contribution >= 4 is 5.69 Å². The lowest BCUT2D eigenvalue weighted by Gasteiger charge is -2.06. The van der Waals surface area contributed by atoms with Crippen LogP contribution in [0, 0.1) is 17.0 Å². The van der Waals surface area contributed by atoms with E-state index in [0.29, 0.717) is 37.2 Å². The molecule has 1 heterocycles. The van der Waals surface area contributed by atoms with E-state index >= 15 is 0 Å². The predicted octanol–water partition coefficient (Wildman–Crippen LogP) is 1.45. The van der Waals surface area contributed by atoms with Crippen molar-refractivity contribution in [1.82, 2.24) is 15.5 Å². The van der Waals surface area contributed by atoms with Gasteiger partial charge in [-0.25, -0.2) is 0 Å². The number of aryl methyl sites for hydroxylation is 1. The van der Waals surface area contributed by atoms with Crippen LogP contribution in [0.25, 0.3) is 0 Å². The number of non-ortho nitro benzene ring substituents is 1. The highest BCUT2D eigenvalue weighted by atomic mass is 16.6. The first-order chi connectivity index (χ1) is 9.65. The van der Waals surface area contributed by atoms with Gasteiger partial charge in [-0.15, -0.1) is 0 Å². The number of nitrogens with zero attached hydrogens (tertiary/aromatic N) is 3. The third-order valence-electron chi connectivity index (χ3n) is 2.45. The van der Waals surface area contributed by atoms with E-state index in [1.54, 1.807) is 19.1 Å². The second-order valence-electron chi connectivity index (χ2n) is 4.01. The molecule has 2 rings (SSSR count). The lowest BCUT2D eigenvalue weighted by Crippen LogP contribution is -2.21. The fraction of sp³-hybridized carbons (Fsp3) is 0.333. The van der Waals surface area contributed by atoms with E-state index in [0.717, 1.165) is 0 Å². The third-order valence-corrected chi connectivity index (χ3v) is 2.45. The molecule has 1 N–H and O–H groups in total. The second kappa shape index (κ2) is 6.62. The zero-order valence-corrected chi connectivity index (χ0v) is 10.9. The number of aromatic nitrogens is 2. The quantitative estimate of drug-likeness (QED) is 0.464. The minimum absolute atomic E-state index is 0.0444. The smallest absolute Gasteiger partial charge is 0.269 e. The average Bonchev–Trinajstić information content (AvgIpc) is 2.84. The van der Waals surface area contributed by atoms with Crippen LogP contribution in [-0.2, 0) is 6.54 Å². The summed E-state index contributed by atoms with van der Waals surface area (Å²) < 4.78 is 10.3. The third kappa shape index (κ3) is 4.02. The molecule has 1 aromatic carbocycles. The van der Waals surface area contributed by atoms with Crippen LogP contribution < -0.4 is 10.1 Å². The monoisotopic (exact) mass is 278 g/mol. The largest absolute Gasteiger partial charge is 0.492 e. The predicted molar refractivity (Wildman–Crippen MR) is 69.3 cm³/mol. The average molecular weight is 278 g/mol. The fourth-order valence-electron chi connectivity index (χ4n) is 1.52. The van der Waals surface area contributed by atoms with Crippen molar-refractivity contribution in [3.63, 3.8) is 0 Å². The first-order valence-corrected chi connectivity index (χ1v) is 6.02. The van der Waals surface area contributed by atoms with Gasteiger partial charge in [0, 0.05) is 25.6 Å². The highest BCUT2D eigenvalue weighted by Crippen LogP contribution is 2.16. The summed E-state index contributed by atoms with van der Waals surface area (Å²) in [6, 6.07) is 5.96. The Labute approximate surface area is 114 Å². The summed E-state index contributed by atoms with van der Waals surface area (Å²) in [6.07, 6.45) is 0. The molecule has 0 unspecified atom stereocenters. The molecule has 0 atom stereocenters. The summed E-state index contributed by atoms with van der Waals surface area (Å²) in [5, 5.41) is 17.3. The second-order valence-corrected chi connectivity index (χ2v) is 4.01. The first-order valence-electron chi connectivity index (χ1n) is 6.02. The molecule has 0 saturated heterocycles. The van der Waals surface area contributed by atoms with Gasteiger partial charge in [0.05, 0.1) is 11.5 Å². The van der Waals surface area contributed by atoms with Gasteiger partial charge in [-0.2, -0.15) is 4.98 Å². The van der Waals surface area contributed by atoms with Crippen LogP contribution in [0.15, 0.2) is 28.8 Å². The molecule has 1 aromatic heterocycles. The molecule has 8 heteroatoms. The van der Waals surface area contributed by atoms with Gasteiger partial charge in [0.15, 0.2) is 5.82 Å². The molecule has 106 valence electrons. The fourth-order valence-corrected chi connectivity index (χ4v) is 1.52. The first kappa shape index (κ1) is 13.9. The van der Waals surface area contributed by atoms with E-state index in [2.05, 4.69) is 15.5 Å². The number of benzene rings is 1. The van der Waals surface area contributed by atoms with E-state index in [-0.39, 0.29) is 5.69 Å². The lowest BCUT2D eigenvalue weighted by molar-refractivity contribution is -0.384. The molecule has 0 radical (unpaired) electrons. The Balaban J connectivity index is 1.66. The molecular weight excluding hydrogens is 264 g/mol. The van der Waals surface area contributed by atoms with Gasteiger partial charge < -0.3 is 14.6 Å². The minimum atomic E-state index is -0.446. The Morgan fingerprint density at radius 1 is 1.40 bits per heavy atom. The van der Waals surface area contributed by atoms with Crippen molar-refractivity contribution in [2.75, 3.05) is 13.2 Å². The molecule has 2 aromatic rings. The maximum absolute atomic E-state index is 10.5. The van der Waals surface area contributed by atoms with Crippen LogP contribution in [0.3, 0.4) is 0 Å². The van der Waals surface area contributed by atoms with E-state index in [4.69, 9.17) is 9.26 Å². The molecule has 0 aliphatic heterocycles. The minimum Gasteiger partial charge on any atom is -0.492 e. The van der Waals surface area contributed by atoms with Gasteiger partial charge in [-0.3, -0.25) is 10.1 Å². The summed E-state index contributed by atoms with van der Waals surface area (Å²) in [6.45, 7) is 3.27. The van der Waals surface area contributed by atoms with Gasteiger partial charge in [0.25, 0.3) is 5.69 Å². The number of hydrogen-bond acceptors (Lipinski definition) is 7. The van der Waals surface area contributed by atoms with Gasteiger partial charge in [0.1, 0.15) is 12.4 Å². The molecule has 0 saturated carbocycles. The molecule has 0 aliphatic carbocycles. The van der Waals surface area contributed by atoms with Crippen molar-refractivity contribution in [3.8, 4) is 5.75 Å². The number of nitro benzene ring substituents is 1. The van der Waals surface area contributed by atoms with Crippen LogP contribution in [0.1, 0.15) is 11.7 Å². The number of ether oxygens (including phenoxy) is 1. The van der Waals surface area contributed by atoms with Gasteiger partial charge in [0.2, 0.25) is 5.89 Å². The van der Waals surface area contributed by atoms with E-state index in [9.17, 15) is 10.1 Å². The maximum atomic E-state index is 10.5. The highest BCUT2D eigenvalue weighted by molar-refractivity contribution is 5.35. The van der Waals surface area contributed by atoms with Crippen molar-refractivity contribution in [2.24, 2.45) is 0 Å². The van der Waals surface area contributed by atoms with Crippen LogP contribution in [-0.4, -0.2) is 28.2 Å². The van der Waals surface area contributed by atoms with E-state index < -0.39 is 4.92 Å². The van der Waals surface area contributed by atoms with Gasteiger partial charge in [-0.05, 0) is 12.1 Å². The van der Waals surface area contributed by atoms with Crippen LogP contribution in [0.5, 0.6) is 5.75 Å². The Kier molecular flexibility index (Phi) is 4.61. The topological polar surface area (TPSA) is 103 Å². The molecule has 20 heavy (non-hydrogen) atoms. The van der Waals surface area contributed by atoms with Crippen LogP contribution in [0.2, 0.25) is 0 Å². The van der Waals surface area contributed by atoms with Gasteiger partial charge >= 0.3 is 0 Å². The van der Waals surface area contributed by atoms with Crippen molar-refractivity contribution < 1.29 is 14.2 Å². The Morgan fingerprint density at radius 3 is 2.75 bits per heavy atom. The molecule has 0 aliphatic rings. The summed E-state index contributed by atoms with van der Waals surface area (Å²) >= 11 is 0.